The number of thioether (sulfide) groups is 1. The lowest BCUT2D eigenvalue weighted by Gasteiger charge is -2.22. The molecule has 1 saturated heterocycles. The SMILES string of the molecule is CCNC(=O)[C@@H]1C[C@@H](NC(=O)CCSCC)CN1C(=O)c1ccco1. The van der Waals surface area contributed by atoms with Gasteiger partial charge in [-0.05, 0) is 31.2 Å². The number of hydrogen-bond donors (Lipinski definition) is 2. The standard InChI is InChI=1S/C17H25N3O4S/c1-3-18-16(22)13-10-12(19-15(21)7-9-25-4-2)11-20(13)17(23)14-6-5-8-24-14/h5-6,8,12-13H,3-4,7,9-11H2,1-2H3,(H,18,22)(H,19,21)/t12-,13+/m1/s1. The van der Waals surface area contributed by atoms with Crippen LogP contribution < -0.4 is 10.6 Å². The van der Waals surface area contributed by atoms with Crippen molar-refractivity contribution in [3.05, 3.63) is 24.2 Å². The van der Waals surface area contributed by atoms with E-state index in [2.05, 4.69) is 17.6 Å². The number of rotatable bonds is 8. The molecule has 0 unspecified atom stereocenters. The van der Waals surface area contributed by atoms with Crippen LogP contribution in [0.25, 0.3) is 0 Å². The molecule has 3 amide bonds. The van der Waals surface area contributed by atoms with Crippen LogP contribution >= 0.6 is 11.8 Å². The second kappa shape index (κ2) is 9.50. The Hall–Kier alpha value is -1.96. The quantitative estimate of drug-likeness (QED) is 0.675. The molecule has 1 aliphatic heterocycles. The largest absolute Gasteiger partial charge is 0.459 e. The van der Waals surface area contributed by atoms with Gasteiger partial charge in [0.05, 0.1) is 6.26 Å². The molecule has 0 bridgehead atoms. The molecule has 0 aliphatic carbocycles. The summed E-state index contributed by atoms with van der Waals surface area (Å²) in [6.07, 6.45) is 2.27. The fourth-order valence-corrected chi connectivity index (χ4v) is 3.47. The van der Waals surface area contributed by atoms with Crippen LogP contribution in [0.5, 0.6) is 0 Å². The van der Waals surface area contributed by atoms with Gasteiger partial charge in [0.15, 0.2) is 5.76 Å². The highest BCUT2D eigenvalue weighted by molar-refractivity contribution is 7.99. The molecule has 25 heavy (non-hydrogen) atoms. The van der Waals surface area contributed by atoms with Crippen molar-refractivity contribution in [3.8, 4) is 0 Å². The average Bonchev–Trinajstić information content (AvgIpc) is 3.24. The number of nitrogens with zero attached hydrogens (tertiary/aromatic N) is 1. The Morgan fingerprint density at radius 1 is 1.36 bits per heavy atom. The summed E-state index contributed by atoms with van der Waals surface area (Å²) in [7, 11) is 0. The van der Waals surface area contributed by atoms with E-state index >= 15 is 0 Å². The lowest BCUT2D eigenvalue weighted by Crippen LogP contribution is -2.45. The Morgan fingerprint density at radius 3 is 2.80 bits per heavy atom. The fraction of sp³-hybridized carbons (Fsp3) is 0.588. The third-order valence-corrected chi connectivity index (χ3v) is 4.89. The van der Waals surface area contributed by atoms with Crippen LogP contribution in [-0.2, 0) is 9.59 Å². The molecular weight excluding hydrogens is 342 g/mol. The lowest BCUT2D eigenvalue weighted by atomic mass is 10.1. The Labute approximate surface area is 151 Å². The Morgan fingerprint density at radius 2 is 2.16 bits per heavy atom. The van der Waals surface area contributed by atoms with Crippen molar-refractivity contribution in [2.24, 2.45) is 0 Å². The zero-order valence-electron chi connectivity index (χ0n) is 14.6. The number of furan rings is 1. The summed E-state index contributed by atoms with van der Waals surface area (Å²) >= 11 is 1.71. The number of nitrogens with one attached hydrogen (secondary N) is 2. The number of carbonyl (C=O) groups excluding carboxylic acids is 3. The van der Waals surface area contributed by atoms with E-state index in [1.54, 1.807) is 23.9 Å². The van der Waals surface area contributed by atoms with Crippen LogP contribution in [-0.4, -0.2) is 59.3 Å². The Bertz CT molecular complexity index is 591. The van der Waals surface area contributed by atoms with Crippen molar-refractivity contribution in [1.29, 1.82) is 0 Å². The van der Waals surface area contributed by atoms with Gasteiger partial charge in [0.2, 0.25) is 11.8 Å². The highest BCUT2D eigenvalue weighted by Gasteiger charge is 2.40. The molecule has 0 radical (unpaired) electrons. The van der Waals surface area contributed by atoms with Crippen molar-refractivity contribution < 1.29 is 18.8 Å². The molecule has 1 aromatic rings. The molecule has 2 rings (SSSR count). The van der Waals surface area contributed by atoms with E-state index in [0.29, 0.717) is 25.9 Å². The molecule has 138 valence electrons. The maximum atomic E-state index is 12.6. The minimum absolute atomic E-state index is 0.0482. The summed E-state index contributed by atoms with van der Waals surface area (Å²) < 4.78 is 5.16. The fourth-order valence-electron chi connectivity index (χ4n) is 2.86. The van der Waals surface area contributed by atoms with E-state index in [1.807, 2.05) is 6.92 Å². The lowest BCUT2D eigenvalue weighted by molar-refractivity contribution is -0.125. The maximum absolute atomic E-state index is 12.6. The molecule has 0 aromatic carbocycles. The molecule has 1 aromatic heterocycles. The molecule has 7 nitrogen and oxygen atoms in total. The molecule has 2 heterocycles. The number of amides is 3. The average molecular weight is 367 g/mol. The number of likely N-dealkylation sites (tertiary alicyclic amines) is 1. The van der Waals surface area contributed by atoms with E-state index in [1.165, 1.54) is 11.2 Å². The van der Waals surface area contributed by atoms with Gasteiger partial charge in [-0.1, -0.05) is 6.92 Å². The Balaban J connectivity index is 2.02. The predicted molar refractivity (Wildman–Crippen MR) is 96.4 cm³/mol. The first kappa shape index (κ1) is 19.4. The van der Waals surface area contributed by atoms with Gasteiger partial charge in [0, 0.05) is 31.3 Å². The second-order valence-electron chi connectivity index (χ2n) is 5.79. The number of hydrogen-bond acceptors (Lipinski definition) is 5. The smallest absolute Gasteiger partial charge is 0.290 e. The van der Waals surface area contributed by atoms with E-state index in [-0.39, 0.29) is 29.5 Å². The van der Waals surface area contributed by atoms with Crippen molar-refractivity contribution in [3.63, 3.8) is 0 Å². The zero-order chi connectivity index (χ0) is 18.2. The summed E-state index contributed by atoms with van der Waals surface area (Å²) in [5, 5.41) is 5.69. The highest BCUT2D eigenvalue weighted by atomic mass is 32.2. The van der Waals surface area contributed by atoms with Gasteiger partial charge in [0.25, 0.3) is 5.91 Å². The third kappa shape index (κ3) is 5.26. The number of carbonyl (C=O) groups is 3. The van der Waals surface area contributed by atoms with Gasteiger partial charge >= 0.3 is 0 Å². The third-order valence-electron chi connectivity index (χ3n) is 3.99. The first-order valence-electron chi connectivity index (χ1n) is 8.56. The normalized spacial score (nSPS) is 19.7. The van der Waals surface area contributed by atoms with Gasteiger partial charge in [0.1, 0.15) is 6.04 Å². The molecule has 0 spiro atoms. The summed E-state index contributed by atoms with van der Waals surface area (Å²) in [4.78, 5) is 38.4. The molecule has 0 saturated carbocycles. The minimum Gasteiger partial charge on any atom is -0.459 e. The van der Waals surface area contributed by atoms with E-state index < -0.39 is 6.04 Å². The topological polar surface area (TPSA) is 91.7 Å². The zero-order valence-corrected chi connectivity index (χ0v) is 15.4. The molecule has 2 atom stereocenters. The minimum atomic E-state index is -0.604. The first-order chi connectivity index (χ1) is 12.1. The number of likely N-dealkylation sites (N-methyl/N-ethyl adjacent to an activating group) is 1. The van der Waals surface area contributed by atoms with Crippen LogP contribution in [0.4, 0.5) is 0 Å². The van der Waals surface area contributed by atoms with Crippen LogP contribution in [0, 0.1) is 0 Å². The molecule has 8 heteroatoms. The van der Waals surface area contributed by atoms with Gasteiger partial charge in [-0.25, -0.2) is 0 Å². The molecular formula is C17H25N3O4S. The molecule has 1 fully saturated rings. The first-order valence-corrected chi connectivity index (χ1v) is 9.71. The van der Waals surface area contributed by atoms with Gasteiger partial charge in [-0.2, -0.15) is 11.8 Å². The van der Waals surface area contributed by atoms with Crippen LogP contribution in [0.2, 0.25) is 0 Å². The summed E-state index contributed by atoms with van der Waals surface area (Å²) in [6, 6.07) is 2.37. The van der Waals surface area contributed by atoms with Crippen LogP contribution in [0.3, 0.4) is 0 Å². The van der Waals surface area contributed by atoms with E-state index in [0.717, 1.165) is 11.5 Å². The predicted octanol–water partition coefficient (Wildman–Crippen LogP) is 1.26. The van der Waals surface area contributed by atoms with E-state index in [9.17, 15) is 14.4 Å². The summed E-state index contributed by atoms with van der Waals surface area (Å²) in [6.45, 7) is 4.67. The van der Waals surface area contributed by atoms with Gasteiger partial charge < -0.3 is 20.0 Å². The van der Waals surface area contributed by atoms with Gasteiger partial charge in [-0.3, -0.25) is 14.4 Å². The molecule has 1 aliphatic rings. The van der Waals surface area contributed by atoms with Crippen molar-refractivity contribution in [2.45, 2.75) is 38.8 Å². The monoisotopic (exact) mass is 367 g/mol. The van der Waals surface area contributed by atoms with Gasteiger partial charge in [-0.15, -0.1) is 0 Å². The maximum Gasteiger partial charge on any atom is 0.290 e. The van der Waals surface area contributed by atoms with Crippen molar-refractivity contribution in [1.82, 2.24) is 15.5 Å². The van der Waals surface area contributed by atoms with Crippen molar-refractivity contribution in [2.75, 3.05) is 24.6 Å². The summed E-state index contributed by atoms with van der Waals surface area (Å²) in [5.41, 5.74) is 0. The molecule has 2 N–H and O–H groups in total. The second-order valence-corrected chi connectivity index (χ2v) is 7.19. The van der Waals surface area contributed by atoms with E-state index in [4.69, 9.17) is 4.42 Å². The van der Waals surface area contributed by atoms with Crippen molar-refractivity contribution >= 4 is 29.5 Å². The van der Waals surface area contributed by atoms with Crippen LogP contribution in [0.1, 0.15) is 37.2 Å². The highest BCUT2D eigenvalue weighted by Crippen LogP contribution is 2.21. The Kier molecular flexibility index (Phi) is 7.36. The summed E-state index contributed by atoms with van der Waals surface area (Å²) in [5.74, 6) is 1.35. The van der Waals surface area contributed by atoms with Crippen LogP contribution in [0.15, 0.2) is 22.8 Å².